The van der Waals surface area contributed by atoms with Crippen molar-refractivity contribution < 1.29 is 9.59 Å². The van der Waals surface area contributed by atoms with Crippen LogP contribution in [0.5, 0.6) is 0 Å². The molecule has 1 heterocycles. The minimum absolute atomic E-state index is 0.157. The fourth-order valence-corrected chi connectivity index (χ4v) is 6.13. The van der Waals surface area contributed by atoms with E-state index in [9.17, 15) is 9.59 Å². The highest BCUT2D eigenvalue weighted by molar-refractivity contribution is 7.17. The topological polar surface area (TPSA) is 61.4 Å². The maximum atomic E-state index is 13.4. The van der Waals surface area contributed by atoms with Gasteiger partial charge in [-0.3, -0.25) is 9.59 Å². The molecule has 0 saturated heterocycles. The van der Waals surface area contributed by atoms with Crippen LogP contribution >= 0.6 is 22.9 Å². The van der Waals surface area contributed by atoms with Crippen LogP contribution in [-0.2, 0) is 17.6 Å². The number of hydrogen-bond donors (Lipinski definition) is 2. The number of fused-ring (bicyclic) bond motifs is 1. The van der Waals surface area contributed by atoms with E-state index in [1.54, 1.807) is 11.3 Å². The summed E-state index contributed by atoms with van der Waals surface area (Å²) in [7, 11) is 0. The van der Waals surface area contributed by atoms with Crippen LogP contribution in [0.2, 0.25) is 0 Å². The second-order valence-corrected chi connectivity index (χ2v) is 10.2. The molecule has 2 aliphatic carbocycles. The van der Waals surface area contributed by atoms with E-state index in [2.05, 4.69) is 29.4 Å². The van der Waals surface area contributed by atoms with Crippen molar-refractivity contribution >= 4 is 51.1 Å². The summed E-state index contributed by atoms with van der Waals surface area (Å²) in [6.45, 7) is 6.13. The van der Waals surface area contributed by atoms with Crippen molar-refractivity contribution in [2.45, 2.75) is 46.0 Å². The van der Waals surface area contributed by atoms with Crippen LogP contribution in [0.15, 0.2) is 48.1 Å². The lowest BCUT2D eigenvalue weighted by Crippen LogP contribution is -2.22. The Morgan fingerprint density at radius 2 is 1.79 bits per heavy atom. The van der Waals surface area contributed by atoms with Gasteiger partial charge in [-0.25, -0.2) is 0 Å². The highest BCUT2D eigenvalue weighted by atomic mass is 35.5. The molecule has 7 heteroatoms. The average molecular weight is 498 g/mol. The van der Waals surface area contributed by atoms with Gasteiger partial charge in [0, 0.05) is 40.8 Å². The number of thiophene rings is 1. The molecule has 1 aromatic carbocycles. The Labute approximate surface area is 210 Å². The molecule has 4 rings (SSSR count). The molecule has 1 atom stereocenters. The van der Waals surface area contributed by atoms with E-state index in [4.69, 9.17) is 11.6 Å². The molecule has 2 N–H and O–H groups in total. The monoisotopic (exact) mass is 497 g/mol. The summed E-state index contributed by atoms with van der Waals surface area (Å²) >= 11 is 7.54. The van der Waals surface area contributed by atoms with E-state index in [-0.39, 0.29) is 17.7 Å². The summed E-state index contributed by atoms with van der Waals surface area (Å²) in [6, 6.07) is 7.94. The van der Waals surface area contributed by atoms with Gasteiger partial charge >= 0.3 is 0 Å². The Hall–Kier alpha value is -2.57. The Kier molecular flexibility index (Phi) is 8.11. The van der Waals surface area contributed by atoms with Gasteiger partial charge in [0.15, 0.2) is 0 Å². The fourth-order valence-electron chi connectivity index (χ4n) is 4.64. The summed E-state index contributed by atoms with van der Waals surface area (Å²) in [6.07, 6.45) is 10.4. The van der Waals surface area contributed by atoms with Crippen LogP contribution in [0.3, 0.4) is 0 Å². The maximum absolute atomic E-state index is 13.4. The molecule has 0 radical (unpaired) electrons. The minimum Gasteiger partial charge on any atom is -0.372 e. The highest BCUT2D eigenvalue weighted by Gasteiger charge is 2.27. The molecular weight excluding hydrogens is 466 g/mol. The number of benzene rings is 1. The fraction of sp³-hybridized carbons (Fsp3) is 0.407. The third kappa shape index (κ3) is 5.39. The van der Waals surface area contributed by atoms with Crippen molar-refractivity contribution in [3.63, 3.8) is 0 Å². The summed E-state index contributed by atoms with van der Waals surface area (Å²) < 4.78 is 0. The third-order valence-corrected chi connectivity index (χ3v) is 8.14. The van der Waals surface area contributed by atoms with E-state index in [0.29, 0.717) is 28.4 Å². The Balaban J connectivity index is 1.55. The number of anilines is 3. The summed E-state index contributed by atoms with van der Waals surface area (Å²) in [5, 5.41) is 6.76. The molecule has 5 nitrogen and oxygen atoms in total. The molecule has 0 fully saturated rings. The largest absolute Gasteiger partial charge is 0.372 e. The number of carbonyl (C=O) groups is 2. The smallest absolute Gasteiger partial charge is 0.258 e. The quantitative estimate of drug-likeness (QED) is 0.414. The lowest BCUT2D eigenvalue weighted by Gasteiger charge is -2.21. The van der Waals surface area contributed by atoms with Crippen LogP contribution in [0, 0.1) is 5.92 Å². The Morgan fingerprint density at radius 3 is 2.50 bits per heavy atom. The maximum Gasteiger partial charge on any atom is 0.258 e. The van der Waals surface area contributed by atoms with Gasteiger partial charge in [0.1, 0.15) is 5.00 Å². The first-order valence-corrected chi connectivity index (χ1v) is 13.4. The summed E-state index contributed by atoms with van der Waals surface area (Å²) in [5.41, 5.74) is 4.27. The van der Waals surface area contributed by atoms with Crippen LogP contribution < -0.4 is 15.5 Å². The van der Waals surface area contributed by atoms with Crippen molar-refractivity contribution in [1.82, 2.24) is 0 Å². The normalized spacial score (nSPS) is 17.0. The Morgan fingerprint density at radius 1 is 1.06 bits per heavy atom. The number of nitrogens with one attached hydrogen (secondary N) is 2. The Bertz CT molecular complexity index is 1100. The van der Waals surface area contributed by atoms with Gasteiger partial charge in [-0.05, 0) is 81.7 Å². The molecule has 2 amide bonds. The van der Waals surface area contributed by atoms with Gasteiger partial charge in [-0.1, -0.05) is 18.2 Å². The molecule has 0 bridgehead atoms. The van der Waals surface area contributed by atoms with Gasteiger partial charge in [0.25, 0.3) is 11.8 Å². The van der Waals surface area contributed by atoms with E-state index in [0.717, 1.165) is 55.7 Å². The number of rotatable bonds is 8. The SMILES string of the molecule is CCN(CC)c1ccc(NC(=O)c2c(NC(=O)C3=CC=CC(CCl)C3)sc3c2CCCC3)cc1. The van der Waals surface area contributed by atoms with Crippen LogP contribution in [-0.4, -0.2) is 30.8 Å². The molecule has 180 valence electrons. The van der Waals surface area contributed by atoms with Gasteiger partial charge < -0.3 is 15.5 Å². The second-order valence-electron chi connectivity index (χ2n) is 8.74. The predicted octanol–water partition coefficient (Wildman–Crippen LogP) is 6.41. The third-order valence-electron chi connectivity index (χ3n) is 6.53. The number of halogens is 1. The molecule has 1 aromatic heterocycles. The first-order chi connectivity index (χ1) is 16.5. The van der Waals surface area contributed by atoms with Crippen LogP contribution in [0.4, 0.5) is 16.4 Å². The molecule has 1 unspecified atom stereocenters. The molecule has 0 saturated carbocycles. The van der Waals surface area contributed by atoms with Gasteiger partial charge in [-0.2, -0.15) is 0 Å². The molecule has 0 aliphatic heterocycles. The molecule has 34 heavy (non-hydrogen) atoms. The van der Waals surface area contributed by atoms with E-state index < -0.39 is 0 Å². The number of amides is 2. The second kappa shape index (κ2) is 11.2. The number of carbonyl (C=O) groups excluding carboxylic acids is 2. The first kappa shape index (κ1) is 24.6. The molecular formula is C27H32ClN3O2S. The van der Waals surface area contributed by atoms with Gasteiger partial charge in [0.05, 0.1) is 5.56 Å². The van der Waals surface area contributed by atoms with Crippen molar-refractivity contribution in [2.75, 3.05) is 34.5 Å². The molecule has 0 spiro atoms. The average Bonchev–Trinajstić information content (AvgIpc) is 3.23. The molecule has 2 aliphatic rings. The summed E-state index contributed by atoms with van der Waals surface area (Å²) in [4.78, 5) is 30.0. The number of aryl methyl sites for hydroxylation is 1. The van der Waals surface area contributed by atoms with Gasteiger partial charge in [-0.15, -0.1) is 22.9 Å². The van der Waals surface area contributed by atoms with Crippen molar-refractivity contribution in [3.05, 3.63) is 64.1 Å². The number of hydrogen-bond acceptors (Lipinski definition) is 4. The number of alkyl halides is 1. The first-order valence-electron chi connectivity index (χ1n) is 12.1. The number of allylic oxidation sites excluding steroid dienone is 3. The van der Waals surface area contributed by atoms with E-state index in [1.165, 1.54) is 4.88 Å². The van der Waals surface area contributed by atoms with Crippen LogP contribution in [0.1, 0.15) is 53.9 Å². The zero-order valence-electron chi connectivity index (χ0n) is 19.8. The highest BCUT2D eigenvalue weighted by Crippen LogP contribution is 2.39. The van der Waals surface area contributed by atoms with E-state index >= 15 is 0 Å². The number of nitrogens with zero attached hydrogens (tertiary/aromatic N) is 1. The van der Waals surface area contributed by atoms with Crippen molar-refractivity contribution in [3.8, 4) is 0 Å². The zero-order valence-corrected chi connectivity index (χ0v) is 21.4. The van der Waals surface area contributed by atoms with Crippen LogP contribution in [0.25, 0.3) is 0 Å². The summed E-state index contributed by atoms with van der Waals surface area (Å²) in [5.74, 6) is 0.318. The lowest BCUT2D eigenvalue weighted by atomic mass is 9.94. The standard InChI is InChI=1S/C27H32ClN3O2S/c1-3-31(4-2)21-14-12-20(13-15-21)29-26(33)24-22-10-5-6-11-23(22)34-27(24)30-25(32)19-9-7-8-18(16-19)17-28/h7-9,12-15,18H,3-6,10-11,16-17H2,1-2H3,(H,29,33)(H,30,32). The molecule has 2 aromatic rings. The van der Waals surface area contributed by atoms with E-state index in [1.807, 2.05) is 42.5 Å². The van der Waals surface area contributed by atoms with Crippen molar-refractivity contribution in [2.24, 2.45) is 5.92 Å². The lowest BCUT2D eigenvalue weighted by molar-refractivity contribution is -0.113. The van der Waals surface area contributed by atoms with Crippen molar-refractivity contribution in [1.29, 1.82) is 0 Å². The van der Waals surface area contributed by atoms with Gasteiger partial charge in [0.2, 0.25) is 0 Å². The minimum atomic E-state index is -0.165. The zero-order chi connectivity index (χ0) is 24.1. The predicted molar refractivity (Wildman–Crippen MR) is 144 cm³/mol.